The lowest BCUT2D eigenvalue weighted by molar-refractivity contribution is 0.0511. The lowest BCUT2D eigenvalue weighted by Gasteiger charge is -2.04. The van der Waals surface area contributed by atoms with E-state index in [1.54, 1.807) is 62.4 Å². The number of nitrogens with one attached hydrogen (secondary N) is 4. The van der Waals surface area contributed by atoms with Gasteiger partial charge in [0.2, 0.25) is 0 Å². The molecule has 4 N–H and O–H groups in total. The summed E-state index contributed by atoms with van der Waals surface area (Å²) in [6.45, 7) is 3.98. The predicted molar refractivity (Wildman–Crippen MR) is 143 cm³/mol. The number of amides is 2. The maximum Gasteiger partial charge on any atom is 0.354 e. The van der Waals surface area contributed by atoms with E-state index in [4.69, 9.17) is 13.9 Å². The maximum atomic E-state index is 12.7. The predicted octanol–water partition coefficient (Wildman–Crippen LogP) is 5.10. The van der Waals surface area contributed by atoms with E-state index in [1.165, 1.54) is 12.1 Å². The highest BCUT2D eigenvalue weighted by molar-refractivity contribution is 6.07. The van der Waals surface area contributed by atoms with Gasteiger partial charge in [-0.3, -0.25) is 9.59 Å². The van der Waals surface area contributed by atoms with Gasteiger partial charge in [0.1, 0.15) is 11.4 Å². The van der Waals surface area contributed by atoms with E-state index in [2.05, 4.69) is 20.6 Å². The van der Waals surface area contributed by atoms with Crippen molar-refractivity contribution in [1.82, 2.24) is 9.97 Å². The summed E-state index contributed by atoms with van der Waals surface area (Å²) in [5.41, 5.74) is 3.00. The number of carbonyl (C=O) groups is 4. The van der Waals surface area contributed by atoms with Gasteiger partial charge in [0.15, 0.2) is 11.5 Å². The zero-order valence-corrected chi connectivity index (χ0v) is 21.0. The van der Waals surface area contributed by atoms with Gasteiger partial charge >= 0.3 is 11.9 Å². The Morgan fingerprint density at radius 1 is 0.667 bits per heavy atom. The van der Waals surface area contributed by atoms with Gasteiger partial charge in [-0.05, 0) is 74.5 Å². The summed E-state index contributed by atoms with van der Waals surface area (Å²) in [6, 6.07) is 16.3. The second kappa shape index (κ2) is 10.6. The van der Waals surface area contributed by atoms with E-state index in [0.29, 0.717) is 44.6 Å². The third kappa shape index (κ3) is 5.37. The van der Waals surface area contributed by atoms with E-state index in [1.807, 2.05) is 0 Å². The van der Waals surface area contributed by atoms with Crippen LogP contribution < -0.4 is 10.6 Å². The Morgan fingerprint density at radius 2 is 1.10 bits per heavy atom. The minimum Gasteiger partial charge on any atom is -0.461 e. The largest absolute Gasteiger partial charge is 0.461 e. The summed E-state index contributed by atoms with van der Waals surface area (Å²) in [6.07, 6.45) is 0. The first-order valence-corrected chi connectivity index (χ1v) is 12.2. The molecule has 2 amide bonds. The fourth-order valence-corrected chi connectivity index (χ4v) is 4.03. The molecule has 0 bridgehead atoms. The van der Waals surface area contributed by atoms with Crippen LogP contribution in [-0.2, 0) is 9.47 Å². The minimum atomic E-state index is -0.546. The highest BCUT2D eigenvalue weighted by Crippen LogP contribution is 2.23. The summed E-state index contributed by atoms with van der Waals surface area (Å²) in [5.74, 6) is -2.13. The van der Waals surface area contributed by atoms with Crippen LogP contribution in [0.1, 0.15) is 55.9 Å². The topological polar surface area (TPSA) is 156 Å². The highest BCUT2D eigenvalue weighted by Gasteiger charge is 2.18. The molecule has 2 aromatic carbocycles. The number of ether oxygens (including phenoxy) is 2. The second-order valence-electron chi connectivity index (χ2n) is 8.48. The smallest absolute Gasteiger partial charge is 0.354 e. The lowest BCUT2D eigenvalue weighted by atomic mass is 10.2. The Morgan fingerprint density at radius 3 is 1.51 bits per heavy atom. The van der Waals surface area contributed by atoms with E-state index < -0.39 is 23.8 Å². The van der Waals surface area contributed by atoms with E-state index in [0.717, 1.165) is 0 Å². The van der Waals surface area contributed by atoms with E-state index in [9.17, 15) is 19.2 Å². The van der Waals surface area contributed by atoms with Crippen LogP contribution in [-0.4, -0.2) is 46.9 Å². The van der Waals surface area contributed by atoms with Crippen molar-refractivity contribution >= 4 is 56.9 Å². The quantitative estimate of drug-likeness (QED) is 0.204. The molecule has 0 unspecified atom stereocenters. The number of carbonyl (C=O) groups excluding carboxylic acids is 4. The van der Waals surface area contributed by atoms with Crippen LogP contribution in [0.5, 0.6) is 0 Å². The van der Waals surface area contributed by atoms with Crippen LogP contribution in [0.25, 0.3) is 21.8 Å². The third-order valence-corrected chi connectivity index (χ3v) is 5.80. The van der Waals surface area contributed by atoms with Crippen LogP contribution >= 0.6 is 0 Å². The van der Waals surface area contributed by atoms with Crippen LogP contribution in [0.15, 0.2) is 65.1 Å². The van der Waals surface area contributed by atoms with Gasteiger partial charge in [0, 0.05) is 33.2 Å². The molecule has 0 radical (unpaired) electrons. The average molecular weight is 529 g/mol. The first-order valence-electron chi connectivity index (χ1n) is 12.2. The van der Waals surface area contributed by atoms with Gasteiger partial charge in [0.05, 0.1) is 13.2 Å². The summed E-state index contributed by atoms with van der Waals surface area (Å²) in [7, 11) is 0. The molecule has 11 nitrogen and oxygen atoms in total. The van der Waals surface area contributed by atoms with Crippen LogP contribution in [0, 0.1) is 0 Å². The number of aromatic amines is 2. The number of fused-ring (bicyclic) bond motifs is 2. The number of H-pyrrole nitrogens is 2. The molecule has 0 spiro atoms. The van der Waals surface area contributed by atoms with E-state index in [-0.39, 0.29) is 24.7 Å². The van der Waals surface area contributed by atoms with Gasteiger partial charge in [-0.1, -0.05) is 0 Å². The van der Waals surface area contributed by atoms with Crippen molar-refractivity contribution in [2.45, 2.75) is 13.8 Å². The lowest BCUT2D eigenvalue weighted by Crippen LogP contribution is -2.12. The molecule has 3 aromatic heterocycles. The number of rotatable bonds is 8. The molecule has 0 aliphatic heterocycles. The van der Waals surface area contributed by atoms with Crippen molar-refractivity contribution in [2.24, 2.45) is 0 Å². The van der Waals surface area contributed by atoms with Crippen LogP contribution in [0.4, 0.5) is 11.4 Å². The number of esters is 2. The van der Waals surface area contributed by atoms with E-state index >= 15 is 0 Å². The zero-order valence-electron chi connectivity index (χ0n) is 21.0. The number of aromatic nitrogens is 2. The Balaban J connectivity index is 1.25. The summed E-state index contributed by atoms with van der Waals surface area (Å²) < 4.78 is 15.5. The van der Waals surface area contributed by atoms with Crippen LogP contribution in [0.2, 0.25) is 0 Å². The molecular weight excluding hydrogens is 504 g/mol. The second-order valence-corrected chi connectivity index (χ2v) is 8.48. The molecule has 3 heterocycles. The SMILES string of the molecule is CCOC(=O)c1cc2cc(NC(=O)c3ccc(C(=O)Nc4ccc5[nH]c(C(=O)OCC)cc5c4)o3)ccc2[nH]1. The molecule has 0 aliphatic rings. The average Bonchev–Trinajstić information content (AvgIpc) is 3.66. The molecule has 5 rings (SSSR count). The first kappa shape index (κ1) is 25.3. The standard InChI is InChI=1S/C28H24N4O7/c1-3-37-27(35)21-13-15-11-17(5-7-19(15)31-21)29-25(33)23-9-10-24(39-23)26(34)30-18-6-8-20-16(12-18)14-22(32-20)28(36)38-4-2/h5-14,31-32H,3-4H2,1-2H3,(H,29,33)(H,30,34). The normalized spacial score (nSPS) is 10.9. The Kier molecular flexibility index (Phi) is 6.87. The molecule has 0 saturated carbocycles. The van der Waals surface area contributed by atoms with Crippen molar-refractivity contribution in [3.8, 4) is 0 Å². The number of benzene rings is 2. The van der Waals surface area contributed by atoms with Crippen LogP contribution in [0.3, 0.4) is 0 Å². The van der Waals surface area contributed by atoms with Gasteiger partial charge in [-0.15, -0.1) is 0 Å². The van der Waals surface area contributed by atoms with Crippen molar-refractivity contribution in [1.29, 1.82) is 0 Å². The summed E-state index contributed by atoms with van der Waals surface area (Å²) in [4.78, 5) is 55.3. The van der Waals surface area contributed by atoms with Gasteiger partial charge in [-0.2, -0.15) is 0 Å². The Hall–Kier alpha value is -5.32. The fourth-order valence-electron chi connectivity index (χ4n) is 4.03. The first-order chi connectivity index (χ1) is 18.8. The Bertz CT molecular complexity index is 1600. The molecular formula is C28H24N4O7. The van der Waals surface area contributed by atoms with Crippen molar-refractivity contribution in [2.75, 3.05) is 23.8 Å². The van der Waals surface area contributed by atoms with Gasteiger partial charge in [0.25, 0.3) is 11.8 Å². The molecule has 0 saturated heterocycles. The highest BCUT2D eigenvalue weighted by atomic mass is 16.5. The number of hydrogen-bond donors (Lipinski definition) is 4. The van der Waals surface area contributed by atoms with Crippen molar-refractivity contribution in [3.05, 3.63) is 83.6 Å². The van der Waals surface area contributed by atoms with Gasteiger partial charge < -0.3 is 34.5 Å². The molecule has 0 aliphatic carbocycles. The molecule has 11 heteroatoms. The number of hydrogen-bond acceptors (Lipinski definition) is 7. The van der Waals surface area contributed by atoms with Crippen molar-refractivity contribution in [3.63, 3.8) is 0 Å². The van der Waals surface area contributed by atoms with Crippen molar-refractivity contribution < 1.29 is 33.1 Å². The summed E-state index contributed by atoms with van der Waals surface area (Å²) in [5, 5.41) is 6.87. The maximum absolute atomic E-state index is 12.7. The number of anilines is 2. The molecule has 39 heavy (non-hydrogen) atoms. The zero-order chi connectivity index (χ0) is 27.5. The molecule has 0 fully saturated rings. The molecule has 198 valence electrons. The summed E-state index contributed by atoms with van der Waals surface area (Å²) >= 11 is 0. The Labute approximate surface area is 221 Å². The number of furan rings is 1. The minimum absolute atomic E-state index is 0.0540. The fraction of sp³-hybridized carbons (Fsp3) is 0.143. The third-order valence-electron chi connectivity index (χ3n) is 5.80. The molecule has 5 aromatic rings. The molecule has 0 atom stereocenters. The monoisotopic (exact) mass is 528 g/mol. The van der Waals surface area contributed by atoms with Gasteiger partial charge in [-0.25, -0.2) is 9.59 Å².